The Kier molecular flexibility index (Phi) is 8.15. The largest absolute Gasteiger partial charge is 0.417 e. The van der Waals surface area contributed by atoms with Crippen LogP contribution in [0, 0.1) is 0 Å². The molecular weight excluding hydrogens is 364 g/mol. The van der Waals surface area contributed by atoms with E-state index in [9.17, 15) is 21.6 Å². The van der Waals surface area contributed by atoms with Gasteiger partial charge < -0.3 is 5.32 Å². The lowest BCUT2D eigenvalue weighted by Crippen LogP contribution is -2.38. The van der Waals surface area contributed by atoms with Gasteiger partial charge in [-0.1, -0.05) is 18.5 Å². The average molecular weight is 381 g/mol. The van der Waals surface area contributed by atoms with Crippen molar-refractivity contribution in [2.45, 2.75) is 31.0 Å². The predicted molar refractivity (Wildman–Crippen MR) is 82.0 cm³/mol. The van der Waals surface area contributed by atoms with Gasteiger partial charge in [-0.05, 0) is 31.7 Å². The number of sulfonamides is 1. The number of rotatable bonds is 6. The van der Waals surface area contributed by atoms with Gasteiger partial charge in [0.2, 0.25) is 10.0 Å². The van der Waals surface area contributed by atoms with Crippen LogP contribution in [-0.2, 0) is 16.2 Å². The van der Waals surface area contributed by atoms with Gasteiger partial charge in [0.05, 0.1) is 15.5 Å². The normalized spacial score (nSPS) is 13.5. The third-order valence-electron chi connectivity index (χ3n) is 2.69. The van der Waals surface area contributed by atoms with Crippen LogP contribution in [0.15, 0.2) is 23.1 Å². The second kappa shape index (κ2) is 8.35. The van der Waals surface area contributed by atoms with Crippen molar-refractivity contribution in [1.82, 2.24) is 10.0 Å². The molecule has 0 aromatic heterocycles. The molecule has 1 aromatic carbocycles. The van der Waals surface area contributed by atoms with Crippen molar-refractivity contribution in [3.63, 3.8) is 0 Å². The lowest BCUT2D eigenvalue weighted by Gasteiger charge is -2.15. The van der Waals surface area contributed by atoms with E-state index in [4.69, 9.17) is 11.6 Å². The molecule has 0 aliphatic carbocycles. The molecule has 0 spiro atoms. The van der Waals surface area contributed by atoms with Gasteiger partial charge in [0, 0.05) is 12.6 Å². The van der Waals surface area contributed by atoms with Crippen molar-refractivity contribution < 1.29 is 21.6 Å². The van der Waals surface area contributed by atoms with Gasteiger partial charge in [0.25, 0.3) is 0 Å². The molecule has 0 saturated carbocycles. The maximum Gasteiger partial charge on any atom is 0.417 e. The van der Waals surface area contributed by atoms with Gasteiger partial charge in [-0.2, -0.15) is 13.2 Å². The molecule has 1 atom stereocenters. The summed E-state index contributed by atoms with van der Waals surface area (Å²) in [6.07, 6.45) is -4.71. The molecule has 10 heteroatoms. The molecule has 0 unspecified atom stereocenters. The first-order valence-electron chi connectivity index (χ1n) is 6.17. The maximum atomic E-state index is 12.7. The Labute approximate surface area is 138 Å². The van der Waals surface area contributed by atoms with Crippen molar-refractivity contribution in [1.29, 1.82) is 0 Å². The molecule has 1 rings (SSSR count). The fourth-order valence-corrected chi connectivity index (χ4v) is 3.01. The second-order valence-corrected chi connectivity index (χ2v) is 6.62. The highest BCUT2D eigenvalue weighted by Crippen LogP contribution is 2.35. The summed E-state index contributed by atoms with van der Waals surface area (Å²) in [5, 5.41) is 2.45. The van der Waals surface area contributed by atoms with Crippen LogP contribution in [0.3, 0.4) is 0 Å². The summed E-state index contributed by atoms with van der Waals surface area (Å²) in [7, 11) is -4.02. The molecule has 0 fully saturated rings. The van der Waals surface area contributed by atoms with E-state index < -0.39 is 31.7 Å². The van der Waals surface area contributed by atoms with E-state index in [1.165, 1.54) is 0 Å². The number of benzene rings is 1. The van der Waals surface area contributed by atoms with E-state index in [1.54, 1.807) is 6.92 Å². The Bertz CT molecular complexity index is 595. The zero-order chi connectivity index (χ0) is 16.3. The van der Waals surface area contributed by atoms with Gasteiger partial charge in [-0.3, -0.25) is 0 Å². The van der Waals surface area contributed by atoms with E-state index in [0.717, 1.165) is 12.1 Å². The Hall–Kier alpha value is -0.540. The molecule has 0 saturated heterocycles. The number of hydrogen-bond acceptors (Lipinski definition) is 3. The monoisotopic (exact) mass is 380 g/mol. The van der Waals surface area contributed by atoms with Crippen LogP contribution < -0.4 is 10.0 Å². The van der Waals surface area contributed by atoms with Gasteiger partial charge in [-0.15, -0.1) is 12.4 Å². The maximum absolute atomic E-state index is 12.7. The van der Waals surface area contributed by atoms with Gasteiger partial charge in [0.15, 0.2) is 0 Å². The molecule has 0 aliphatic heterocycles. The Balaban J connectivity index is 0.00000441. The van der Waals surface area contributed by atoms with Crippen LogP contribution in [0.1, 0.15) is 19.4 Å². The van der Waals surface area contributed by atoms with Crippen LogP contribution >= 0.6 is 24.0 Å². The fourth-order valence-electron chi connectivity index (χ4n) is 1.63. The third-order valence-corrected chi connectivity index (χ3v) is 4.44. The molecule has 0 heterocycles. The van der Waals surface area contributed by atoms with Crippen molar-refractivity contribution in [2.75, 3.05) is 13.1 Å². The van der Waals surface area contributed by atoms with Crippen LogP contribution in [-0.4, -0.2) is 27.5 Å². The molecule has 22 heavy (non-hydrogen) atoms. The van der Waals surface area contributed by atoms with E-state index in [1.807, 2.05) is 6.92 Å². The second-order valence-electron chi connectivity index (χ2n) is 4.45. The van der Waals surface area contributed by atoms with Gasteiger partial charge in [-0.25, -0.2) is 13.1 Å². The zero-order valence-electron chi connectivity index (χ0n) is 11.9. The SMILES string of the molecule is CCN[C@H](C)CNS(=O)(=O)c1ccc(Cl)c(C(F)(F)F)c1.Cl. The summed E-state index contributed by atoms with van der Waals surface area (Å²) >= 11 is 5.45. The molecule has 2 N–H and O–H groups in total. The first-order chi connectivity index (χ1) is 9.58. The Morgan fingerprint density at radius 1 is 1.32 bits per heavy atom. The number of alkyl halides is 3. The summed E-state index contributed by atoms with van der Waals surface area (Å²) < 4.78 is 64.4. The topological polar surface area (TPSA) is 58.2 Å². The smallest absolute Gasteiger partial charge is 0.313 e. The lowest BCUT2D eigenvalue weighted by molar-refractivity contribution is -0.137. The first-order valence-corrected chi connectivity index (χ1v) is 8.04. The van der Waals surface area contributed by atoms with Crippen LogP contribution in [0.5, 0.6) is 0 Å². The highest BCUT2D eigenvalue weighted by atomic mass is 35.5. The van der Waals surface area contributed by atoms with Crippen LogP contribution in [0.2, 0.25) is 5.02 Å². The molecule has 4 nitrogen and oxygen atoms in total. The van der Waals surface area contributed by atoms with Crippen LogP contribution in [0.4, 0.5) is 13.2 Å². The molecule has 128 valence electrons. The fraction of sp³-hybridized carbons (Fsp3) is 0.500. The van der Waals surface area contributed by atoms with E-state index >= 15 is 0 Å². The first kappa shape index (κ1) is 21.5. The van der Waals surface area contributed by atoms with Crippen LogP contribution in [0.25, 0.3) is 0 Å². The molecule has 0 aliphatic rings. The lowest BCUT2D eigenvalue weighted by atomic mass is 10.2. The van der Waals surface area contributed by atoms with E-state index in [2.05, 4.69) is 10.0 Å². The highest BCUT2D eigenvalue weighted by Gasteiger charge is 2.34. The number of nitrogens with one attached hydrogen (secondary N) is 2. The Morgan fingerprint density at radius 2 is 1.91 bits per heavy atom. The molecule has 0 bridgehead atoms. The van der Waals surface area contributed by atoms with E-state index in [0.29, 0.717) is 12.6 Å². The minimum Gasteiger partial charge on any atom is -0.313 e. The summed E-state index contributed by atoms with van der Waals surface area (Å²) in [5.41, 5.74) is -1.17. The van der Waals surface area contributed by atoms with Gasteiger partial charge in [0.1, 0.15) is 0 Å². The minimum atomic E-state index is -4.71. The van der Waals surface area contributed by atoms with E-state index in [-0.39, 0.29) is 25.0 Å². The average Bonchev–Trinajstić information content (AvgIpc) is 2.36. The van der Waals surface area contributed by atoms with Crippen molar-refractivity contribution in [2.24, 2.45) is 0 Å². The number of halogens is 5. The predicted octanol–water partition coefficient (Wildman–Crippen LogP) is 3.06. The summed E-state index contributed by atoms with van der Waals surface area (Å²) in [5.74, 6) is 0. The third kappa shape index (κ3) is 5.92. The quantitative estimate of drug-likeness (QED) is 0.797. The van der Waals surface area contributed by atoms with Crippen molar-refractivity contribution in [3.05, 3.63) is 28.8 Å². The summed E-state index contributed by atoms with van der Waals surface area (Å²) in [4.78, 5) is -0.470. The highest BCUT2D eigenvalue weighted by molar-refractivity contribution is 7.89. The number of likely N-dealkylation sites (N-methyl/N-ethyl adjacent to an activating group) is 1. The van der Waals surface area contributed by atoms with Crippen molar-refractivity contribution in [3.8, 4) is 0 Å². The zero-order valence-corrected chi connectivity index (χ0v) is 14.3. The molecule has 0 amide bonds. The molecule has 1 aromatic rings. The Morgan fingerprint density at radius 3 is 2.41 bits per heavy atom. The standard InChI is InChI=1S/C12H16ClF3N2O2S.ClH/c1-3-17-8(2)7-18-21(19,20)9-4-5-11(13)10(6-9)12(14,15)16;/h4-6,8,17-18H,3,7H2,1-2H3;1H/t8-;/m1./s1. The van der Waals surface area contributed by atoms with Gasteiger partial charge >= 0.3 is 6.18 Å². The minimum absolute atomic E-state index is 0. The summed E-state index contributed by atoms with van der Waals surface area (Å²) in [6, 6.07) is 2.35. The molecular formula is C12H17Cl2F3N2O2S. The summed E-state index contributed by atoms with van der Waals surface area (Å²) in [6.45, 7) is 4.34. The molecule has 0 radical (unpaired) electrons. The van der Waals surface area contributed by atoms with Crippen molar-refractivity contribution >= 4 is 34.0 Å². The number of hydrogen-bond donors (Lipinski definition) is 2.